The van der Waals surface area contributed by atoms with E-state index < -0.39 is 6.04 Å². The summed E-state index contributed by atoms with van der Waals surface area (Å²) in [6.45, 7) is 3.94. The van der Waals surface area contributed by atoms with Crippen molar-refractivity contribution in [2.75, 3.05) is 12.4 Å². The lowest BCUT2D eigenvalue weighted by Gasteiger charge is -2.15. The predicted molar refractivity (Wildman–Crippen MR) is 78.9 cm³/mol. The molecule has 0 aromatic heterocycles. The average Bonchev–Trinajstić information content (AvgIpc) is 2.39. The van der Waals surface area contributed by atoms with E-state index in [9.17, 15) is 4.79 Å². The molecule has 1 aromatic rings. The molecule has 106 valence electrons. The molecule has 0 aliphatic heterocycles. The number of hydrogen-bond donors (Lipinski definition) is 2. The molecule has 3 N–H and O–H groups in total. The number of nitrogens with one attached hydrogen (secondary N) is 1. The molecule has 0 radical (unpaired) electrons. The van der Waals surface area contributed by atoms with Crippen LogP contribution < -0.4 is 15.8 Å². The van der Waals surface area contributed by atoms with Crippen LogP contribution >= 0.6 is 11.6 Å². The zero-order valence-electron chi connectivity index (χ0n) is 11.6. The number of anilines is 1. The topological polar surface area (TPSA) is 64.4 Å². The van der Waals surface area contributed by atoms with Gasteiger partial charge in [0, 0.05) is 11.1 Å². The fourth-order valence-electron chi connectivity index (χ4n) is 1.71. The lowest BCUT2D eigenvalue weighted by Crippen LogP contribution is -2.35. The zero-order chi connectivity index (χ0) is 14.4. The molecule has 1 rings (SSSR count). The maximum absolute atomic E-state index is 12.0. The number of unbranched alkanes of at least 4 members (excludes halogenated alkanes) is 1. The van der Waals surface area contributed by atoms with Crippen LogP contribution in [-0.4, -0.2) is 19.1 Å². The van der Waals surface area contributed by atoms with Gasteiger partial charge < -0.3 is 15.8 Å². The highest BCUT2D eigenvalue weighted by molar-refractivity contribution is 6.31. The van der Waals surface area contributed by atoms with Gasteiger partial charge in [-0.25, -0.2) is 0 Å². The molecule has 0 bridgehead atoms. The molecule has 19 heavy (non-hydrogen) atoms. The van der Waals surface area contributed by atoms with Crippen molar-refractivity contribution >= 4 is 23.2 Å². The lowest BCUT2D eigenvalue weighted by atomic mass is 10.1. The van der Waals surface area contributed by atoms with Crippen LogP contribution in [0.4, 0.5) is 5.69 Å². The van der Waals surface area contributed by atoms with Crippen molar-refractivity contribution in [1.29, 1.82) is 0 Å². The van der Waals surface area contributed by atoms with E-state index in [2.05, 4.69) is 12.2 Å². The molecule has 0 spiro atoms. The Morgan fingerprint density at radius 2 is 2.21 bits per heavy atom. The van der Waals surface area contributed by atoms with Crippen molar-refractivity contribution in [2.24, 2.45) is 5.73 Å². The van der Waals surface area contributed by atoms with Gasteiger partial charge in [-0.3, -0.25) is 4.79 Å². The van der Waals surface area contributed by atoms with Gasteiger partial charge in [0.25, 0.3) is 0 Å². The predicted octanol–water partition coefficient (Wildman–Crippen LogP) is 3.11. The van der Waals surface area contributed by atoms with E-state index in [4.69, 9.17) is 22.1 Å². The number of amides is 1. The van der Waals surface area contributed by atoms with Crippen LogP contribution in [0.5, 0.6) is 5.75 Å². The smallest absolute Gasteiger partial charge is 0.241 e. The largest absolute Gasteiger partial charge is 0.495 e. The van der Waals surface area contributed by atoms with Crippen LogP contribution in [0.1, 0.15) is 31.7 Å². The Bertz CT molecular complexity index is 449. The summed E-state index contributed by atoms with van der Waals surface area (Å²) >= 11 is 6.01. The third kappa shape index (κ3) is 4.40. The van der Waals surface area contributed by atoms with Crippen molar-refractivity contribution in [3.63, 3.8) is 0 Å². The Labute approximate surface area is 119 Å². The Kier molecular flexibility index (Phi) is 6.12. The number of rotatable bonds is 6. The summed E-state index contributed by atoms with van der Waals surface area (Å²) in [4.78, 5) is 12.0. The molecule has 1 amide bonds. The highest BCUT2D eigenvalue weighted by Gasteiger charge is 2.15. The highest BCUT2D eigenvalue weighted by Crippen LogP contribution is 2.31. The van der Waals surface area contributed by atoms with Crippen LogP contribution in [0.3, 0.4) is 0 Å². The van der Waals surface area contributed by atoms with E-state index in [-0.39, 0.29) is 5.91 Å². The van der Waals surface area contributed by atoms with Gasteiger partial charge in [0.15, 0.2) is 0 Å². The van der Waals surface area contributed by atoms with E-state index in [0.717, 1.165) is 18.4 Å². The van der Waals surface area contributed by atoms with Crippen molar-refractivity contribution in [3.8, 4) is 5.75 Å². The fourth-order valence-corrected chi connectivity index (χ4v) is 1.86. The minimum absolute atomic E-state index is 0.200. The molecule has 5 heteroatoms. The van der Waals surface area contributed by atoms with Crippen molar-refractivity contribution in [1.82, 2.24) is 0 Å². The van der Waals surface area contributed by atoms with E-state index in [1.807, 2.05) is 6.92 Å². The summed E-state index contributed by atoms with van der Waals surface area (Å²) in [5, 5.41) is 3.39. The standard InChI is InChI=1S/C14H21ClN2O2/c1-4-5-6-11(16)14(18)17-12-7-9(2)10(15)8-13(12)19-3/h7-8,11H,4-6,16H2,1-3H3,(H,17,18). The minimum atomic E-state index is -0.499. The highest BCUT2D eigenvalue weighted by atomic mass is 35.5. The zero-order valence-corrected chi connectivity index (χ0v) is 12.4. The molecule has 0 aliphatic carbocycles. The number of hydrogen-bond acceptors (Lipinski definition) is 3. The molecule has 0 saturated carbocycles. The van der Waals surface area contributed by atoms with Crippen LogP contribution in [0.25, 0.3) is 0 Å². The molecule has 0 fully saturated rings. The van der Waals surface area contributed by atoms with E-state index in [1.54, 1.807) is 12.1 Å². The molecule has 0 aliphatic rings. The average molecular weight is 285 g/mol. The molecule has 0 heterocycles. The summed E-state index contributed by atoms with van der Waals surface area (Å²) in [5.41, 5.74) is 7.31. The Morgan fingerprint density at radius 1 is 1.53 bits per heavy atom. The monoisotopic (exact) mass is 284 g/mol. The van der Waals surface area contributed by atoms with E-state index in [0.29, 0.717) is 22.9 Å². The number of methoxy groups -OCH3 is 1. The van der Waals surface area contributed by atoms with Crippen molar-refractivity contribution in [2.45, 2.75) is 39.2 Å². The van der Waals surface area contributed by atoms with Gasteiger partial charge in [0.05, 0.1) is 18.8 Å². The third-order valence-corrected chi connectivity index (χ3v) is 3.35. The first-order valence-corrected chi connectivity index (χ1v) is 6.78. The first-order chi connectivity index (χ1) is 8.99. The minimum Gasteiger partial charge on any atom is -0.495 e. The van der Waals surface area contributed by atoms with Crippen LogP contribution in [0.2, 0.25) is 5.02 Å². The van der Waals surface area contributed by atoms with Gasteiger partial charge in [0.2, 0.25) is 5.91 Å². The number of ether oxygens (including phenoxy) is 1. The molecular weight excluding hydrogens is 264 g/mol. The number of carbonyl (C=O) groups excluding carboxylic acids is 1. The maximum atomic E-state index is 12.0. The lowest BCUT2D eigenvalue weighted by molar-refractivity contribution is -0.117. The normalized spacial score (nSPS) is 12.1. The number of carbonyl (C=O) groups is 1. The molecule has 0 saturated heterocycles. The van der Waals surface area contributed by atoms with Crippen LogP contribution in [0.15, 0.2) is 12.1 Å². The Hall–Kier alpha value is -1.26. The summed E-state index contributed by atoms with van der Waals surface area (Å²) in [7, 11) is 1.54. The molecule has 1 aromatic carbocycles. The SMILES string of the molecule is CCCCC(N)C(=O)Nc1cc(C)c(Cl)cc1OC. The van der Waals surface area contributed by atoms with Gasteiger partial charge in [-0.2, -0.15) is 0 Å². The number of aryl methyl sites for hydroxylation is 1. The van der Waals surface area contributed by atoms with Crippen LogP contribution in [0, 0.1) is 6.92 Å². The van der Waals surface area contributed by atoms with Crippen molar-refractivity contribution in [3.05, 3.63) is 22.7 Å². The maximum Gasteiger partial charge on any atom is 0.241 e. The first kappa shape index (κ1) is 15.8. The van der Waals surface area contributed by atoms with Crippen molar-refractivity contribution < 1.29 is 9.53 Å². The second-order valence-corrected chi connectivity index (χ2v) is 4.95. The molecular formula is C14H21ClN2O2. The summed E-state index contributed by atoms with van der Waals surface area (Å²) < 4.78 is 5.20. The molecule has 1 atom stereocenters. The third-order valence-electron chi connectivity index (χ3n) is 2.94. The second kappa shape index (κ2) is 7.36. The number of nitrogens with two attached hydrogens (primary N) is 1. The summed E-state index contributed by atoms with van der Waals surface area (Å²) in [6.07, 6.45) is 2.63. The second-order valence-electron chi connectivity index (χ2n) is 4.54. The van der Waals surface area contributed by atoms with Gasteiger partial charge in [0.1, 0.15) is 5.75 Å². The van der Waals surface area contributed by atoms with Crippen LogP contribution in [-0.2, 0) is 4.79 Å². The first-order valence-electron chi connectivity index (χ1n) is 6.40. The summed E-state index contributed by atoms with van der Waals surface area (Å²) in [5.74, 6) is 0.333. The fraction of sp³-hybridized carbons (Fsp3) is 0.500. The van der Waals surface area contributed by atoms with E-state index in [1.165, 1.54) is 7.11 Å². The molecule has 4 nitrogen and oxygen atoms in total. The quantitative estimate of drug-likeness (QED) is 0.843. The van der Waals surface area contributed by atoms with Gasteiger partial charge in [-0.1, -0.05) is 31.4 Å². The number of halogens is 1. The van der Waals surface area contributed by atoms with E-state index >= 15 is 0 Å². The Morgan fingerprint density at radius 3 is 2.79 bits per heavy atom. The Balaban J connectivity index is 2.81. The van der Waals surface area contributed by atoms with Gasteiger partial charge in [-0.15, -0.1) is 0 Å². The van der Waals surface area contributed by atoms with Gasteiger partial charge in [-0.05, 0) is 25.0 Å². The van der Waals surface area contributed by atoms with Gasteiger partial charge >= 0.3 is 0 Å². The molecule has 1 unspecified atom stereocenters. The summed E-state index contributed by atoms with van der Waals surface area (Å²) in [6, 6.07) is 2.97. The number of benzene rings is 1.